The fourth-order valence-electron chi connectivity index (χ4n) is 2.87. The van der Waals surface area contributed by atoms with Gasteiger partial charge in [0.2, 0.25) is 0 Å². The van der Waals surface area contributed by atoms with E-state index in [9.17, 15) is 0 Å². The molecule has 1 N–H and O–H groups in total. The summed E-state index contributed by atoms with van der Waals surface area (Å²) in [6.07, 6.45) is 0. The quantitative estimate of drug-likeness (QED) is 0.889. The maximum Gasteiger partial charge on any atom is 0.0323 e. The van der Waals surface area contributed by atoms with Gasteiger partial charge in [0.05, 0.1) is 0 Å². The molecule has 1 aliphatic rings. The van der Waals surface area contributed by atoms with E-state index in [1.54, 1.807) is 0 Å². The number of hydrogen-bond donors (Lipinski definition) is 1. The fourth-order valence-corrected chi connectivity index (χ4v) is 2.87. The average molecular weight is 261 g/mol. The lowest BCUT2D eigenvalue weighted by Crippen LogP contribution is -2.53. The smallest absolute Gasteiger partial charge is 0.0323 e. The Kier molecular flexibility index (Phi) is 4.97. The molecule has 3 nitrogen and oxygen atoms in total. The Morgan fingerprint density at radius 1 is 1.37 bits per heavy atom. The van der Waals surface area contributed by atoms with Crippen molar-refractivity contribution >= 4 is 0 Å². The molecule has 0 aromatic heterocycles. The number of nitrogens with one attached hydrogen (secondary N) is 1. The van der Waals surface area contributed by atoms with Crippen molar-refractivity contribution in [2.75, 3.05) is 40.3 Å². The number of aryl methyl sites for hydroxylation is 2. The third-order valence-corrected chi connectivity index (χ3v) is 3.93. The molecule has 1 fully saturated rings. The predicted octanol–water partition coefficient (Wildman–Crippen LogP) is 1.64. The third-order valence-electron chi connectivity index (χ3n) is 3.93. The van der Waals surface area contributed by atoms with Crippen LogP contribution in [0, 0.1) is 13.8 Å². The van der Waals surface area contributed by atoms with Gasteiger partial charge in [-0.2, -0.15) is 0 Å². The average Bonchev–Trinajstić information content (AvgIpc) is 2.33. The molecule has 0 amide bonds. The van der Waals surface area contributed by atoms with E-state index in [-0.39, 0.29) is 0 Å². The second-order valence-corrected chi connectivity index (χ2v) is 6.04. The van der Waals surface area contributed by atoms with Gasteiger partial charge in [-0.3, -0.25) is 0 Å². The van der Waals surface area contributed by atoms with Crippen LogP contribution in [-0.4, -0.2) is 56.1 Å². The van der Waals surface area contributed by atoms with E-state index in [1.165, 1.54) is 16.7 Å². The van der Waals surface area contributed by atoms with Crippen molar-refractivity contribution in [1.29, 1.82) is 0 Å². The van der Waals surface area contributed by atoms with Crippen LogP contribution in [0.3, 0.4) is 0 Å². The Labute approximate surface area is 117 Å². The molecule has 0 aliphatic carbocycles. The maximum atomic E-state index is 3.61. The normalized spacial score (nSPS) is 21.0. The van der Waals surface area contributed by atoms with Crippen LogP contribution in [0.15, 0.2) is 18.2 Å². The number of benzene rings is 1. The molecule has 1 aromatic rings. The lowest BCUT2D eigenvalue weighted by Gasteiger charge is -2.33. The van der Waals surface area contributed by atoms with Crippen LogP contribution in [0.1, 0.15) is 16.7 Å². The Bertz CT molecular complexity index is 416. The van der Waals surface area contributed by atoms with E-state index in [2.05, 4.69) is 61.3 Å². The van der Waals surface area contributed by atoms with Gasteiger partial charge in [-0.15, -0.1) is 0 Å². The minimum absolute atomic E-state index is 0.592. The molecule has 0 saturated carbocycles. The highest BCUT2D eigenvalue weighted by Gasteiger charge is 2.18. The molecular weight excluding hydrogens is 234 g/mol. The molecule has 3 heteroatoms. The molecule has 0 bridgehead atoms. The Morgan fingerprint density at radius 3 is 2.84 bits per heavy atom. The molecule has 0 radical (unpaired) electrons. The fraction of sp³-hybridized carbons (Fsp3) is 0.625. The molecule has 106 valence electrons. The second-order valence-electron chi connectivity index (χ2n) is 6.04. The number of hydrogen-bond acceptors (Lipinski definition) is 3. The molecule has 1 heterocycles. The molecule has 2 rings (SSSR count). The van der Waals surface area contributed by atoms with Gasteiger partial charge in [-0.05, 0) is 39.1 Å². The first kappa shape index (κ1) is 14.5. The van der Waals surface area contributed by atoms with Gasteiger partial charge in [0.1, 0.15) is 0 Å². The first-order chi connectivity index (χ1) is 9.04. The lowest BCUT2D eigenvalue weighted by molar-refractivity contribution is 0.192. The third kappa shape index (κ3) is 4.30. The van der Waals surface area contributed by atoms with Gasteiger partial charge in [0, 0.05) is 38.8 Å². The van der Waals surface area contributed by atoms with Crippen molar-refractivity contribution in [1.82, 2.24) is 15.1 Å². The van der Waals surface area contributed by atoms with Crippen molar-refractivity contribution in [3.8, 4) is 0 Å². The van der Waals surface area contributed by atoms with Crippen LogP contribution in [0.25, 0.3) is 0 Å². The number of nitrogens with zero attached hydrogens (tertiary/aromatic N) is 2. The minimum Gasteiger partial charge on any atom is -0.310 e. The molecule has 1 saturated heterocycles. The topological polar surface area (TPSA) is 18.5 Å². The van der Waals surface area contributed by atoms with E-state index >= 15 is 0 Å². The Hall–Kier alpha value is -0.900. The first-order valence-corrected chi connectivity index (χ1v) is 7.21. The van der Waals surface area contributed by atoms with Crippen molar-refractivity contribution in [2.24, 2.45) is 0 Å². The minimum atomic E-state index is 0.592. The van der Waals surface area contributed by atoms with Crippen LogP contribution in [0.4, 0.5) is 0 Å². The molecule has 1 atom stereocenters. The summed E-state index contributed by atoms with van der Waals surface area (Å²) in [5.41, 5.74) is 4.19. The van der Waals surface area contributed by atoms with Gasteiger partial charge in [0.15, 0.2) is 0 Å². The molecule has 19 heavy (non-hydrogen) atoms. The van der Waals surface area contributed by atoms with Gasteiger partial charge < -0.3 is 15.1 Å². The van der Waals surface area contributed by atoms with Crippen LogP contribution >= 0.6 is 0 Å². The molecule has 1 unspecified atom stereocenters. The van der Waals surface area contributed by atoms with Gasteiger partial charge in [-0.1, -0.05) is 23.8 Å². The van der Waals surface area contributed by atoms with E-state index in [0.29, 0.717) is 6.04 Å². The molecule has 0 spiro atoms. The summed E-state index contributed by atoms with van der Waals surface area (Å²) in [6.45, 7) is 9.93. The zero-order valence-corrected chi connectivity index (χ0v) is 12.7. The highest BCUT2D eigenvalue weighted by Crippen LogP contribution is 2.12. The highest BCUT2D eigenvalue weighted by molar-refractivity contribution is 5.30. The second kappa shape index (κ2) is 6.51. The van der Waals surface area contributed by atoms with Crippen LogP contribution in [0.5, 0.6) is 0 Å². The Balaban J connectivity index is 1.88. The number of likely N-dealkylation sites (N-methyl/N-ethyl adjacent to an activating group) is 2. The Morgan fingerprint density at radius 2 is 2.16 bits per heavy atom. The van der Waals surface area contributed by atoms with E-state index in [1.807, 2.05) is 0 Å². The summed E-state index contributed by atoms with van der Waals surface area (Å²) >= 11 is 0. The summed E-state index contributed by atoms with van der Waals surface area (Å²) in [7, 11) is 4.42. The summed E-state index contributed by atoms with van der Waals surface area (Å²) in [4.78, 5) is 4.83. The van der Waals surface area contributed by atoms with Crippen molar-refractivity contribution in [3.05, 3.63) is 34.9 Å². The van der Waals surface area contributed by atoms with Crippen molar-refractivity contribution in [3.63, 3.8) is 0 Å². The summed E-state index contributed by atoms with van der Waals surface area (Å²) in [5.74, 6) is 0. The zero-order chi connectivity index (χ0) is 13.8. The molecular formula is C16H27N3. The summed E-state index contributed by atoms with van der Waals surface area (Å²) < 4.78 is 0. The van der Waals surface area contributed by atoms with Crippen molar-refractivity contribution in [2.45, 2.75) is 26.4 Å². The number of piperazine rings is 1. The van der Waals surface area contributed by atoms with Gasteiger partial charge in [0.25, 0.3) is 0 Å². The number of rotatable bonds is 4. The van der Waals surface area contributed by atoms with E-state index in [4.69, 9.17) is 0 Å². The molecule has 1 aromatic carbocycles. The highest BCUT2D eigenvalue weighted by atomic mass is 15.2. The standard InChI is InChI=1S/C16H27N3/c1-13-5-6-15(14(2)9-13)10-19(4)12-16-11-18(3)8-7-17-16/h5-6,9,16-17H,7-8,10-12H2,1-4H3. The largest absolute Gasteiger partial charge is 0.310 e. The zero-order valence-electron chi connectivity index (χ0n) is 12.7. The van der Waals surface area contributed by atoms with E-state index < -0.39 is 0 Å². The van der Waals surface area contributed by atoms with Crippen molar-refractivity contribution < 1.29 is 0 Å². The predicted molar refractivity (Wildman–Crippen MR) is 81.5 cm³/mol. The van der Waals surface area contributed by atoms with Gasteiger partial charge >= 0.3 is 0 Å². The van der Waals surface area contributed by atoms with Crippen LogP contribution in [-0.2, 0) is 6.54 Å². The monoisotopic (exact) mass is 261 g/mol. The van der Waals surface area contributed by atoms with Crippen LogP contribution in [0.2, 0.25) is 0 Å². The SMILES string of the molecule is Cc1ccc(CN(C)CC2CN(C)CCN2)c(C)c1. The summed E-state index contributed by atoms with van der Waals surface area (Å²) in [5, 5.41) is 3.61. The summed E-state index contributed by atoms with van der Waals surface area (Å²) in [6, 6.07) is 7.34. The maximum absolute atomic E-state index is 3.61. The lowest BCUT2D eigenvalue weighted by atomic mass is 10.1. The van der Waals surface area contributed by atoms with Gasteiger partial charge in [-0.25, -0.2) is 0 Å². The van der Waals surface area contributed by atoms with E-state index in [0.717, 1.165) is 32.7 Å². The van der Waals surface area contributed by atoms with Crippen LogP contribution < -0.4 is 5.32 Å². The molecule has 1 aliphatic heterocycles. The first-order valence-electron chi connectivity index (χ1n) is 7.21.